The lowest BCUT2D eigenvalue weighted by Gasteiger charge is -2.24. The summed E-state index contributed by atoms with van der Waals surface area (Å²) in [6.45, 7) is 2.18. The van der Waals surface area contributed by atoms with E-state index in [0.29, 0.717) is 0 Å². The first-order valence-corrected chi connectivity index (χ1v) is 14.7. The molecule has 0 aliphatic heterocycles. The summed E-state index contributed by atoms with van der Waals surface area (Å²) >= 11 is 3.49. The average Bonchev–Trinajstić information content (AvgIpc) is 3.72. The van der Waals surface area contributed by atoms with Gasteiger partial charge in [0.2, 0.25) is 0 Å². The van der Waals surface area contributed by atoms with E-state index in [0.717, 1.165) is 22.7 Å². The Morgan fingerprint density at radius 1 is 0.487 bits per heavy atom. The molecule has 4 aromatic carbocycles. The lowest BCUT2D eigenvalue weighted by molar-refractivity contribution is 1.31. The van der Waals surface area contributed by atoms with E-state index in [-0.39, 0.29) is 0 Å². The van der Waals surface area contributed by atoms with E-state index in [1.165, 1.54) is 26.7 Å². The van der Waals surface area contributed by atoms with Gasteiger partial charge in [-0.2, -0.15) is 0 Å². The van der Waals surface area contributed by atoms with Crippen molar-refractivity contribution in [3.8, 4) is 0 Å². The van der Waals surface area contributed by atoms with Gasteiger partial charge in [-0.25, -0.2) is 0 Å². The van der Waals surface area contributed by atoms with Crippen LogP contribution in [0.3, 0.4) is 0 Å². The highest BCUT2D eigenvalue weighted by Crippen LogP contribution is 2.39. The summed E-state index contributed by atoms with van der Waals surface area (Å²) in [5, 5.41) is 6.65. The Hall–Kier alpha value is -4.38. The molecule has 2 nitrogen and oxygen atoms in total. The summed E-state index contributed by atoms with van der Waals surface area (Å²) in [5.41, 5.74) is 8.25. The standard InChI is InChI=1S/C35H28N2S2/c1-27(29-18-22-33(23-19-29)37(35-15-9-25-39-35)31-12-6-3-7-13-31)26-28-16-20-32(21-17-28)36(34-14-8-24-38-34)30-10-4-2-5-11-30/h2-26H,1H3/b27-26+. The molecule has 0 saturated heterocycles. The normalized spacial score (nSPS) is 11.4. The Labute approximate surface area is 238 Å². The van der Waals surface area contributed by atoms with Crippen molar-refractivity contribution in [1.82, 2.24) is 0 Å². The number of benzene rings is 4. The molecule has 0 radical (unpaired) electrons. The van der Waals surface area contributed by atoms with E-state index < -0.39 is 0 Å². The van der Waals surface area contributed by atoms with Crippen LogP contribution in [0.2, 0.25) is 0 Å². The molecule has 6 rings (SSSR count). The number of hydrogen-bond donors (Lipinski definition) is 0. The minimum Gasteiger partial charge on any atom is -0.302 e. The summed E-state index contributed by atoms with van der Waals surface area (Å²) in [6, 6.07) is 47.2. The summed E-state index contributed by atoms with van der Waals surface area (Å²) in [5.74, 6) is 0. The van der Waals surface area contributed by atoms with Gasteiger partial charge < -0.3 is 9.80 Å². The van der Waals surface area contributed by atoms with Crippen molar-refractivity contribution in [2.45, 2.75) is 6.92 Å². The van der Waals surface area contributed by atoms with Gasteiger partial charge in [-0.1, -0.05) is 66.7 Å². The lowest BCUT2D eigenvalue weighted by Crippen LogP contribution is -2.08. The van der Waals surface area contributed by atoms with Gasteiger partial charge in [-0.15, -0.1) is 22.7 Å². The topological polar surface area (TPSA) is 6.48 Å². The van der Waals surface area contributed by atoms with Crippen LogP contribution in [0.4, 0.5) is 32.8 Å². The van der Waals surface area contributed by atoms with E-state index in [1.54, 1.807) is 22.7 Å². The second kappa shape index (κ2) is 11.6. The molecule has 2 heterocycles. The molecule has 0 aliphatic rings. The van der Waals surface area contributed by atoms with Gasteiger partial charge in [0.1, 0.15) is 0 Å². The lowest BCUT2D eigenvalue weighted by atomic mass is 10.0. The second-order valence-corrected chi connectivity index (χ2v) is 11.1. The molecule has 0 amide bonds. The van der Waals surface area contributed by atoms with E-state index in [2.05, 4.69) is 167 Å². The minimum atomic E-state index is 1.15. The monoisotopic (exact) mass is 540 g/mol. The van der Waals surface area contributed by atoms with Crippen molar-refractivity contribution < 1.29 is 0 Å². The van der Waals surface area contributed by atoms with Gasteiger partial charge in [-0.3, -0.25) is 0 Å². The first kappa shape index (κ1) is 24.9. The van der Waals surface area contributed by atoms with Gasteiger partial charge in [0.15, 0.2) is 0 Å². The maximum atomic E-state index is 2.30. The van der Waals surface area contributed by atoms with Crippen molar-refractivity contribution in [2.75, 3.05) is 9.80 Å². The summed E-state index contributed by atoms with van der Waals surface area (Å²) in [4.78, 5) is 4.61. The molecule has 0 fully saturated rings. The largest absolute Gasteiger partial charge is 0.302 e. The fourth-order valence-corrected chi connectivity index (χ4v) is 6.22. The Balaban J connectivity index is 1.25. The van der Waals surface area contributed by atoms with E-state index in [4.69, 9.17) is 0 Å². The highest BCUT2D eigenvalue weighted by Gasteiger charge is 2.14. The number of para-hydroxylation sites is 2. The third-order valence-electron chi connectivity index (χ3n) is 6.60. The third-order valence-corrected chi connectivity index (χ3v) is 8.30. The van der Waals surface area contributed by atoms with Crippen LogP contribution in [-0.2, 0) is 0 Å². The summed E-state index contributed by atoms with van der Waals surface area (Å²) < 4.78 is 0. The van der Waals surface area contributed by atoms with Crippen molar-refractivity contribution in [3.05, 3.63) is 155 Å². The second-order valence-electron chi connectivity index (χ2n) is 9.21. The molecule has 6 aromatic rings. The molecule has 0 spiro atoms. The SMILES string of the molecule is C/C(=C\c1ccc(N(c2ccccc2)c2cccs2)cc1)c1ccc(N(c2ccccc2)c2cccs2)cc1. The van der Waals surface area contributed by atoms with Crippen molar-refractivity contribution in [2.24, 2.45) is 0 Å². The average molecular weight is 541 g/mol. The number of allylic oxidation sites excluding steroid dienone is 1. The van der Waals surface area contributed by atoms with Crippen LogP contribution < -0.4 is 9.80 Å². The van der Waals surface area contributed by atoms with Gasteiger partial charge >= 0.3 is 0 Å². The molecule has 0 aliphatic carbocycles. The quantitative estimate of drug-likeness (QED) is 0.177. The maximum absolute atomic E-state index is 2.30. The van der Waals surface area contributed by atoms with Crippen LogP contribution in [0.5, 0.6) is 0 Å². The highest BCUT2D eigenvalue weighted by molar-refractivity contribution is 7.14. The van der Waals surface area contributed by atoms with Crippen LogP contribution in [0.25, 0.3) is 11.6 Å². The molecular formula is C35H28N2S2. The van der Waals surface area contributed by atoms with Crippen LogP contribution in [0, 0.1) is 0 Å². The molecule has 39 heavy (non-hydrogen) atoms. The number of nitrogens with zero attached hydrogens (tertiary/aromatic N) is 2. The molecule has 0 atom stereocenters. The van der Waals surface area contributed by atoms with Gasteiger partial charge in [-0.05, 0) is 107 Å². The van der Waals surface area contributed by atoms with E-state index >= 15 is 0 Å². The maximum Gasteiger partial charge on any atom is 0.0999 e. The Morgan fingerprint density at radius 3 is 1.36 bits per heavy atom. The van der Waals surface area contributed by atoms with Gasteiger partial charge in [0.05, 0.1) is 10.0 Å². The number of anilines is 6. The fraction of sp³-hybridized carbons (Fsp3) is 0.0286. The minimum absolute atomic E-state index is 1.15. The number of thiophene rings is 2. The zero-order valence-electron chi connectivity index (χ0n) is 21.6. The smallest absolute Gasteiger partial charge is 0.0999 e. The molecule has 4 heteroatoms. The molecule has 2 aromatic heterocycles. The molecule has 0 bridgehead atoms. The van der Waals surface area contributed by atoms with Crippen LogP contribution in [-0.4, -0.2) is 0 Å². The Morgan fingerprint density at radius 2 is 0.923 bits per heavy atom. The van der Waals surface area contributed by atoms with Crippen LogP contribution in [0.1, 0.15) is 18.1 Å². The Bertz CT molecular complexity index is 1620. The van der Waals surface area contributed by atoms with Crippen molar-refractivity contribution in [1.29, 1.82) is 0 Å². The molecule has 0 N–H and O–H groups in total. The number of rotatable bonds is 8. The zero-order chi connectivity index (χ0) is 26.4. The molecular weight excluding hydrogens is 513 g/mol. The molecule has 190 valence electrons. The third kappa shape index (κ3) is 5.58. The molecule has 0 unspecified atom stereocenters. The summed E-state index contributed by atoms with van der Waals surface area (Å²) in [6.07, 6.45) is 2.25. The zero-order valence-corrected chi connectivity index (χ0v) is 23.3. The van der Waals surface area contributed by atoms with E-state index in [9.17, 15) is 0 Å². The molecule has 0 saturated carbocycles. The highest BCUT2D eigenvalue weighted by atomic mass is 32.1. The first-order chi connectivity index (χ1) is 19.3. The van der Waals surface area contributed by atoms with Gasteiger partial charge in [0.25, 0.3) is 0 Å². The van der Waals surface area contributed by atoms with Crippen LogP contribution in [0.15, 0.2) is 144 Å². The van der Waals surface area contributed by atoms with Crippen molar-refractivity contribution in [3.63, 3.8) is 0 Å². The fourth-order valence-electron chi connectivity index (χ4n) is 4.68. The predicted octanol–water partition coefficient (Wildman–Crippen LogP) is 11.3. The predicted molar refractivity (Wildman–Crippen MR) is 172 cm³/mol. The van der Waals surface area contributed by atoms with Gasteiger partial charge in [0, 0.05) is 22.7 Å². The van der Waals surface area contributed by atoms with E-state index in [1.807, 2.05) is 0 Å². The Kier molecular flexibility index (Phi) is 7.39. The number of hydrogen-bond acceptors (Lipinski definition) is 4. The first-order valence-electron chi connectivity index (χ1n) is 12.9. The summed E-state index contributed by atoms with van der Waals surface area (Å²) in [7, 11) is 0. The van der Waals surface area contributed by atoms with Crippen LogP contribution >= 0.6 is 22.7 Å². The van der Waals surface area contributed by atoms with Crippen molar-refractivity contribution >= 4 is 67.1 Å².